The lowest BCUT2D eigenvalue weighted by Gasteiger charge is -2.26. The van der Waals surface area contributed by atoms with E-state index in [0.717, 1.165) is 18.6 Å². The third kappa shape index (κ3) is 3.84. The Morgan fingerprint density at radius 1 is 1.19 bits per heavy atom. The molecule has 32 heavy (non-hydrogen) atoms. The van der Waals surface area contributed by atoms with Gasteiger partial charge in [0.05, 0.1) is 18.3 Å². The number of hydrogen-bond acceptors (Lipinski definition) is 5. The second-order valence-corrected chi connectivity index (χ2v) is 8.23. The first-order valence-electron chi connectivity index (χ1n) is 10.7. The van der Waals surface area contributed by atoms with Crippen LogP contribution < -0.4 is 4.90 Å². The van der Waals surface area contributed by atoms with E-state index in [9.17, 15) is 18.7 Å². The number of nitrogens with zero attached hydrogens (tertiary/aromatic N) is 5. The van der Waals surface area contributed by atoms with Crippen molar-refractivity contribution in [2.75, 3.05) is 24.5 Å². The molecule has 0 radical (unpaired) electrons. The molecule has 2 fully saturated rings. The molecule has 7 nitrogen and oxygen atoms in total. The van der Waals surface area contributed by atoms with Crippen molar-refractivity contribution in [2.45, 2.75) is 31.4 Å². The van der Waals surface area contributed by atoms with Gasteiger partial charge >= 0.3 is 0 Å². The summed E-state index contributed by atoms with van der Waals surface area (Å²) in [6, 6.07) is 5.04. The lowest BCUT2D eigenvalue weighted by molar-refractivity contribution is -0.125. The zero-order valence-electron chi connectivity index (χ0n) is 17.4. The van der Waals surface area contributed by atoms with Gasteiger partial charge in [-0.2, -0.15) is 5.10 Å². The minimum atomic E-state index is -0.468. The molecule has 2 aliphatic heterocycles. The Kier molecular flexibility index (Phi) is 5.34. The van der Waals surface area contributed by atoms with E-state index >= 15 is 0 Å². The van der Waals surface area contributed by atoms with Gasteiger partial charge in [0.2, 0.25) is 5.91 Å². The van der Waals surface area contributed by atoms with Gasteiger partial charge in [0, 0.05) is 43.0 Å². The summed E-state index contributed by atoms with van der Waals surface area (Å²) in [7, 11) is 0. The molecule has 2 saturated heterocycles. The van der Waals surface area contributed by atoms with Gasteiger partial charge in [-0.15, -0.1) is 0 Å². The Balaban J connectivity index is 1.42. The Morgan fingerprint density at radius 3 is 2.88 bits per heavy atom. The van der Waals surface area contributed by atoms with Crippen molar-refractivity contribution < 1.29 is 18.7 Å². The van der Waals surface area contributed by atoms with Gasteiger partial charge in [-0.25, -0.2) is 18.3 Å². The summed E-state index contributed by atoms with van der Waals surface area (Å²) in [6.45, 7) is 1.56. The Bertz CT molecular complexity index is 1190. The second kappa shape index (κ2) is 8.31. The van der Waals surface area contributed by atoms with Gasteiger partial charge in [0.15, 0.2) is 5.65 Å². The third-order valence-electron chi connectivity index (χ3n) is 6.13. The number of carbonyl (C=O) groups excluding carboxylic acids is 1. The highest BCUT2D eigenvalue weighted by Gasteiger charge is 2.30. The molecule has 2 aromatic heterocycles. The molecule has 1 amide bonds. The van der Waals surface area contributed by atoms with Gasteiger partial charge in [0.1, 0.15) is 17.5 Å². The third-order valence-corrected chi connectivity index (χ3v) is 6.13. The van der Waals surface area contributed by atoms with E-state index in [4.69, 9.17) is 4.98 Å². The van der Waals surface area contributed by atoms with Gasteiger partial charge < -0.3 is 14.9 Å². The van der Waals surface area contributed by atoms with Crippen LogP contribution in [-0.2, 0) is 4.79 Å². The molecule has 2 aliphatic rings. The first-order valence-corrected chi connectivity index (χ1v) is 10.7. The predicted octanol–water partition coefficient (Wildman–Crippen LogP) is 2.96. The van der Waals surface area contributed by atoms with E-state index in [0.29, 0.717) is 55.1 Å². The maximum Gasteiger partial charge on any atom is 0.246 e. The largest absolute Gasteiger partial charge is 0.391 e. The molecular weight excluding hydrogens is 416 g/mol. The van der Waals surface area contributed by atoms with Gasteiger partial charge in [-0.3, -0.25) is 4.79 Å². The quantitative estimate of drug-likeness (QED) is 0.633. The van der Waals surface area contributed by atoms with Crippen molar-refractivity contribution in [3.8, 4) is 0 Å². The van der Waals surface area contributed by atoms with Crippen LogP contribution in [-0.4, -0.2) is 56.2 Å². The highest BCUT2D eigenvalue weighted by atomic mass is 19.1. The van der Waals surface area contributed by atoms with E-state index in [1.807, 2.05) is 4.90 Å². The van der Waals surface area contributed by atoms with Crippen LogP contribution in [0.15, 0.2) is 42.7 Å². The summed E-state index contributed by atoms with van der Waals surface area (Å²) in [5.41, 5.74) is 1.57. The zero-order valence-corrected chi connectivity index (χ0v) is 17.4. The number of fused-ring (bicyclic) bond motifs is 1. The molecule has 166 valence electrons. The zero-order chi connectivity index (χ0) is 22.2. The molecule has 2 atom stereocenters. The maximum absolute atomic E-state index is 14.4. The van der Waals surface area contributed by atoms with E-state index < -0.39 is 17.7 Å². The molecule has 4 heterocycles. The lowest BCUT2D eigenvalue weighted by atomic mass is 10.0. The number of benzene rings is 1. The number of halogens is 2. The summed E-state index contributed by atoms with van der Waals surface area (Å²) < 4.78 is 29.8. The fourth-order valence-electron chi connectivity index (χ4n) is 4.50. The molecular formula is C23H23F2N5O2. The highest BCUT2D eigenvalue weighted by molar-refractivity contribution is 5.93. The highest BCUT2D eigenvalue weighted by Crippen LogP contribution is 2.36. The Morgan fingerprint density at radius 2 is 2.06 bits per heavy atom. The monoisotopic (exact) mass is 439 g/mol. The van der Waals surface area contributed by atoms with E-state index in [-0.39, 0.29) is 11.9 Å². The minimum Gasteiger partial charge on any atom is -0.391 e. The fraction of sp³-hybridized carbons (Fsp3) is 0.348. The topological polar surface area (TPSA) is 74.0 Å². The average Bonchev–Trinajstić information content (AvgIpc) is 3.53. The van der Waals surface area contributed by atoms with Crippen molar-refractivity contribution in [1.29, 1.82) is 0 Å². The summed E-state index contributed by atoms with van der Waals surface area (Å²) in [5.74, 6) is -0.413. The lowest BCUT2D eigenvalue weighted by Crippen LogP contribution is -2.27. The Hall–Kier alpha value is -3.33. The fourth-order valence-corrected chi connectivity index (χ4v) is 4.50. The van der Waals surface area contributed by atoms with Crippen LogP contribution in [0.4, 0.5) is 14.6 Å². The van der Waals surface area contributed by atoms with Gasteiger partial charge in [0.25, 0.3) is 0 Å². The number of rotatable bonds is 4. The van der Waals surface area contributed by atoms with Crippen LogP contribution in [0.5, 0.6) is 0 Å². The molecule has 0 bridgehead atoms. The molecule has 0 saturated carbocycles. The number of aliphatic hydroxyl groups excluding tert-OH is 1. The molecule has 9 heteroatoms. The molecule has 0 spiro atoms. The summed E-state index contributed by atoms with van der Waals surface area (Å²) in [4.78, 5) is 20.7. The summed E-state index contributed by atoms with van der Waals surface area (Å²) >= 11 is 0. The maximum atomic E-state index is 14.4. The van der Waals surface area contributed by atoms with Crippen molar-refractivity contribution in [1.82, 2.24) is 19.5 Å². The molecule has 1 aromatic carbocycles. The summed E-state index contributed by atoms with van der Waals surface area (Å²) in [5, 5.41) is 13.9. The standard InChI is InChI=1S/C23H23F2N5O2/c24-16-4-5-19(25)18(12-16)20-2-1-9-29(20)21-8-11-30-23(27-21)15(13-26-30)3-6-22(32)28-10-7-17(31)14-28/h3-6,8,11-13,17,20,31H,1-2,7,9-10,14H2/t17-,20+/m0/s1. The molecule has 0 aliphatic carbocycles. The van der Waals surface area contributed by atoms with E-state index in [1.54, 1.807) is 34.0 Å². The molecule has 0 unspecified atom stereocenters. The van der Waals surface area contributed by atoms with Crippen LogP contribution in [0.25, 0.3) is 11.7 Å². The van der Waals surface area contributed by atoms with Gasteiger partial charge in [-0.05, 0) is 49.6 Å². The van der Waals surface area contributed by atoms with Crippen molar-refractivity contribution in [3.63, 3.8) is 0 Å². The minimum absolute atomic E-state index is 0.168. The normalized spacial score (nSPS) is 21.3. The van der Waals surface area contributed by atoms with Crippen LogP contribution in [0.3, 0.4) is 0 Å². The Labute approximate surface area is 183 Å². The van der Waals surface area contributed by atoms with Crippen molar-refractivity contribution >= 4 is 23.4 Å². The number of hydrogen-bond donors (Lipinski definition) is 1. The molecule has 3 aromatic rings. The number of carbonyl (C=O) groups is 1. The number of amides is 1. The van der Waals surface area contributed by atoms with Crippen LogP contribution in [0, 0.1) is 11.6 Å². The molecule has 5 rings (SSSR count). The first kappa shape index (κ1) is 20.6. The summed E-state index contributed by atoms with van der Waals surface area (Å²) in [6.07, 6.45) is 8.19. The SMILES string of the molecule is O=C(C=Cc1cnn2ccc(N3CCC[C@@H]3c3cc(F)ccc3F)nc12)N1CC[C@H](O)C1. The second-order valence-electron chi connectivity index (χ2n) is 8.23. The first-order chi connectivity index (χ1) is 15.5. The van der Waals surface area contributed by atoms with Crippen molar-refractivity contribution in [3.05, 3.63) is 65.5 Å². The number of aromatic nitrogens is 3. The average molecular weight is 439 g/mol. The number of aliphatic hydroxyl groups is 1. The van der Waals surface area contributed by atoms with E-state index in [2.05, 4.69) is 5.10 Å². The van der Waals surface area contributed by atoms with Gasteiger partial charge in [-0.1, -0.05) is 0 Å². The predicted molar refractivity (Wildman–Crippen MR) is 115 cm³/mol. The number of likely N-dealkylation sites (tertiary alicyclic amines) is 1. The molecule has 1 N–H and O–H groups in total. The van der Waals surface area contributed by atoms with E-state index in [1.165, 1.54) is 12.1 Å². The van der Waals surface area contributed by atoms with Crippen LogP contribution in [0.2, 0.25) is 0 Å². The van der Waals surface area contributed by atoms with Crippen molar-refractivity contribution in [2.24, 2.45) is 0 Å². The van der Waals surface area contributed by atoms with Crippen LogP contribution in [0.1, 0.15) is 36.4 Å². The number of β-amino-alcohol motifs (C(OH)–C–C–N with tert-alkyl or cyclic N) is 1. The number of anilines is 1. The smallest absolute Gasteiger partial charge is 0.246 e. The van der Waals surface area contributed by atoms with Crippen LogP contribution >= 0.6 is 0 Å².